The number of ketones is 1. The number of aldehydes is 1. The van der Waals surface area contributed by atoms with Gasteiger partial charge in [-0.15, -0.1) is 11.3 Å². The third kappa shape index (κ3) is 6.09. The second kappa shape index (κ2) is 12.2. The van der Waals surface area contributed by atoms with Crippen molar-refractivity contribution in [2.45, 2.75) is 44.9 Å². The Morgan fingerprint density at radius 1 is 1.23 bits per heavy atom. The first kappa shape index (κ1) is 27.9. The molecule has 0 aliphatic carbocycles. The fourth-order valence-electron chi connectivity index (χ4n) is 5.93. The average molecular weight is 554 g/mol. The number of carbonyl (C=O) groups is 3. The largest absolute Gasteiger partial charge is 0.368 e. The summed E-state index contributed by atoms with van der Waals surface area (Å²) in [7, 11) is 2.14. The first-order valence-electron chi connectivity index (χ1n) is 14.0. The van der Waals surface area contributed by atoms with Crippen LogP contribution < -0.4 is 10.2 Å². The van der Waals surface area contributed by atoms with Crippen molar-refractivity contribution < 1.29 is 19.1 Å². The zero-order valence-electron chi connectivity index (χ0n) is 23.0. The van der Waals surface area contributed by atoms with Crippen LogP contribution >= 0.6 is 11.3 Å². The molecule has 39 heavy (non-hydrogen) atoms. The van der Waals surface area contributed by atoms with Gasteiger partial charge in [0, 0.05) is 68.2 Å². The molecule has 3 aliphatic heterocycles. The Morgan fingerprint density at radius 2 is 1.97 bits per heavy atom. The predicted molar refractivity (Wildman–Crippen MR) is 152 cm³/mol. The van der Waals surface area contributed by atoms with Crippen molar-refractivity contribution in [1.29, 1.82) is 0 Å². The summed E-state index contributed by atoms with van der Waals surface area (Å²) in [5.74, 6) is 0.162. The molecule has 1 aromatic carbocycles. The number of hydrogen-bond acceptors (Lipinski definition) is 9. The van der Waals surface area contributed by atoms with Crippen LogP contribution in [-0.4, -0.2) is 104 Å². The maximum absolute atomic E-state index is 13.3. The van der Waals surface area contributed by atoms with Gasteiger partial charge in [-0.3, -0.25) is 14.5 Å². The van der Waals surface area contributed by atoms with Crippen LogP contribution in [0.3, 0.4) is 0 Å². The van der Waals surface area contributed by atoms with Crippen LogP contribution in [0.15, 0.2) is 29.6 Å². The van der Waals surface area contributed by atoms with Crippen molar-refractivity contribution in [3.05, 3.63) is 35.2 Å². The minimum Gasteiger partial charge on any atom is -0.368 e. The second-order valence-electron chi connectivity index (χ2n) is 11.2. The number of nitrogens with zero attached hydrogens (tertiary/aromatic N) is 4. The van der Waals surface area contributed by atoms with E-state index in [0.717, 1.165) is 61.8 Å². The summed E-state index contributed by atoms with van der Waals surface area (Å²) in [6.45, 7) is 9.55. The van der Waals surface area contributed by atoms with Crippen LogP contribution in [0.4, 0.5) is 5.13 Å². The first-order valence-corrected chi connectivity index (χ1v) is 14.9. The number of thiazole rings is 1. The van der Waals surface area contributed by atoms with E-state index in [-0.39, 0.29) is 42.4 Å². The van der Waals surface area contributed by atoms with E-state index < -0.39 is 0 Å². The number of likely N-dealkylation sites (N-methyl/N-ethyl adjacent to an activating group) is 1. The Kier molecular flexibility index (Phi) is 8.76. The average Bonchev–Trinajstić information content (AvgIpc) is 3.66. The SMILES string of the molecule is CC[C@@H]1CN(C[C@@H](NC(=O)c2ccc(-c3csc(N4CCN(C)CC4)n3)cc2)[C@H](C)CC=O)[C@@H]2C(=O)CO[C@H]12. The Balaban J connectivity index is 1.25. The number of piperazine rings is 1. The zero-order chi connectivity index (χ0) is 27.5. The molecule has 3 aliphatic rings. The van der Waals surface area contributed by atoms with Crippen molar-refractivity contribution in [3.8, 4) is 11.3 Å². The molecule has 5 rings (SSSR count). The molecule has 5 atom stereocenters. The highest BCUT2D eigenvalue weighted by molar-refractivity contribution is 7.14. The number of nitrogens with one attached hydrogen (secondary N) is 1. The number of amides is 1. The smallest absolute Gasteiger partial charge is 0.251 e. The zero-order valence-corrected chi connectivity index (χ0v) is 23.9. The molecule has 1 amide bonds. The molecule has 0 unspecified atom stereocenters. The molecular formula is C29H39N5O4S. The number of fused-ring (bicyclic) bond motifs is 1. The number of likely N-dealkylation sites (tertiary alicyclic amines) is 1. The number of aromatic nitrogens is 1. The molecule has 4 heterocycles. The third-order valence-electron chi connectivity index (χ3n) is 8.52. The molecule has 210 valence electrons. The van der Waals surface area contributed by atoms with Gasteiger partial charge in [-0.1, -0.05) is 26.0 Å². The summed E-state index contributed by atoms with van der Waals surface area (Å²) in [6.07, 6.45) is 2.10. The molecule has 0 saturated carbocycles. The van der Waals surface area contributed by atoms with Gasteiger partial charge < -0.3 is 24.6 Å². The molecule has 9 nitrogen and oxygen atoms in total. The van der Waals surface area contributed by atoms with Gasteiger partial charge in [-0.05, 0) is 37.4 Å². The summed E-state index contributed by atoms with van der Waals surface area (Å²) in [5, 5.41) is 6.27. The quantitative estimate of drug-likeness (QED) is 0.449. The molecule has 0 spiro atoms. The fraction of sp³-hybridized carbons (Fsp3) is 0.586. The maximum Gasteiger partial charge on any atom is 0.251 e. The minimum atomic E-state index is -0.267. The van der Waals surface area contributed by atoms with E-state index in [1.165, 1.54) is 0 Å². The van der Waals surface area contributed by atoms with Gasteiger partial charge in [0.15, 0.2) is 10.9 Å². The molecule has 0 bridgehead atoms. The molecular weight excluding hydrogens is 514 g/mol. The van der Waals surface area contributed by atoms with E-state index in [4.69, 9.17) is 9.72 Å². The molecule has 1 N–H and O–H groups in total. The van der Waals surface area contributed by atoms with Crippen molar-refractivity contribution in [2.24, 2.45) is 11.8 Å². The van der Waals surface area contributed by atoms with Crippen LogP contribution in [0.5, 0.6) is 0 Å². The lowest BCUT2D eigenvalue weighted by Crippen LogP contribution is -2.50. The van der Waals surface area contributed by atoms with E-state index in [0.29, 0.717) is 24.4 Å². The van der Waals surface area contributed by atoms with Gasteiger partial charge in [-0.2, -0.15) is 0 Å². The predicted octanol–water partition coefficient (Wildman–Crippen LogP) is 2.56. The van der Waals surface area contributed by atoms with Gasteiger partial charge in [0.05, 0.1) is 17.8 Å². The minimum absolute atomic E-state index is 0.0646. The topological polar surface area (TPSA) is 95.1 Å². The fourth-order valence-corrected chi connectivity index (χ4v) is 6.82. The number of anilines is 1. The first-order chi connectivity index (χ1) is 18.9. The number of hydrogen-bond donors (Lipinski definition) is 1. The third-order valence-corrected chi connectivity index (χ3v) is 9.42. The molecule has 0 radical (unpaired) electrons. The molecule has 2 aromatic rings. The number of Topliss-reactive ketones (excluding diaryl/α,β-unsaturated/α-hetero) is 1. The van der Waals surface area contributed by atoms with Crippen molar-refractivity contribution in [1.82, 2.24) is 20.1 Å². The number of carbonyl (C=O) groups excluding carboxylic acids is 3. The van der Waals surface area contributed by atoms with Crippen molar-refractivity contribution in [2.75, 3.05) is 57.8 Å². The lowest BCUT2D eigenvalue weighted by molar-refractivity contribution is -0.121. The molecule has 1 aromatic heterocycles. The molecule has 10 heteroatoms. The Hall–Kier alpha value is -2.66. The van der Waals surface area contributed by atoms with Gasteiger partial charge in [0.1, 0.15) is 12.9 Å². The highest BCUT2D eigenvalue weighted by Crippen LogP contribution is 2.34. The lowest BCUT2D eigenvalue weighted by atomic mass is 9.97. The second-order valence-corrected chi connectivity index (χ2v) is 12.0. The van der Waals surface area contributed by atoms with Gasteiger partial charge >= 0.3 is 0 Å². The van der Waals surface area contributed by atoms with E-state index in [1.807, 2.05) is 31.2 Å². The van der Waals surface area contributed by atoms with Crippen LogP contribution in [0, 0.1) is 11.8 Å². The number of rotatable bonds is 10. The monoisotopic (exact) mass is 553 g/mol. The number of ether oxygens (including phenoxy) is 1. The normalized spacial score (nSPS) is 25.5. The van der Waals surface area contributed by atoms with Crippen LogP contribution in [0.2, 0.25) is 0 Å². The van der Waals surface area contributed by atoms with Crippen LogP contribution in [0.25, 0.3) is 11.3 Å². The Morgan fingerprint density at radius 3 is 2.67 bits per heavy atom. The van der Waals surface area contributed by atoms with E-state index in [9.17, 15) is 14.4 Å². The highest BCUT2D eigenvalue weighted by Gasteiger charge is 2.50. The Bertz CT molecular complexity index is 1160. The van der Waals surface area contributed by atoms with Gasteiger partial charge in [0.25, 0.3) is 5.91 Å². The maximum atomic E-state index is 13.3. The summed E-state index contributed by atoms with van der Waals surface area (Å²) in [4.78, 5) is 48.9. The van der Waals surface area contributed by atoms with Crippen molar-refractivity contribution >= 4 is 34.4 Å². The Labute approximate surface area is 234 Å². The standard InChI is InChI=1S/C29H39N5O4S/c1-4-20-15-34(26-25(36)17-38-27(20)26)16-23(19(2)9-14-35)30-28(37)22-7-5-21(6-8-22)24-18-39-29(31-24)33-12-10-32(3)11-13-33/h5-8,14,18-20,23,26-27H,4,9-13,15-17H2,1-3H3,(H,30,37)/t19-,20-,23-,26-,27-/m1/s1. The highest BCUT2D eigenvalue weighted by atomic mass is 32.1. The molecule has 3 saturated heterocycles. The summed E-state index contributed by atoms with van der Waals surface area (Å²) in [6, 6.07) is 7.01. The van der Waals surface area contributed by atoms with E-state index in [1.54, 1.807) is 11.3 Å². The summed E-state index contributed by atoms with van der Waals surface area (Å²) in [5.41, 5.74) is 2.45. The van der Waals surface area contributed by atoms with E-state index in [2.05, 4.69) is 39.4 Å². The molecule has 3 fully saturated rings. The van der Waals surface area contributed by atoms with E-state index >= 15 is 0 Å². The van der Waals surface area contributed by atoms with Gasteiger partial charge in [0.2, 0.25) is 0 Å². The summed E-state index contributed by atoms with van der Waals surface area (Å²) < 4.78 is 5.81. The van der Waals surface area contributed by atoms with Crippen molar-refractivity contribution in [3.63, 3.8) is 0 Å². The van der Waals surface area contributed by atoms with Crippen LogP contribution in [0.1, 0.15) is 37.0 Å². The summed E-state index contributed by atoms with van der Waals surface area (Å²) >= 11 is 1.65. The lowest BCUT2D eigenvalue weighted by Gasteiger charge is -2.32. The number of benzene rings is 1. The van der Waals surface area contributed by atoms with Crippen LogP contribution in [-0.2, 0) is 14.3 Å². The van der Waals surface area contributed by atoms with Gasteiger partial charge in [-0.25, -0.2) is 4.98 Å².